The lowest BCUT2D eigenvalue weighted by Crippen LogP contribution is -2.32. The van der Waals surface area contributed by atoms with E-state index in [9.17, 15) is 4.79 Å². The first-order chi connectivity index (χ1) is 12.7. The van der Waals surface area contributed by atoms with Crippen LogP contribution in [-0.2, 0) is 25.9 Å². The lowest BCUT2D eigenvalue weighted by atomic mass is 9.99. The summed E-state index contributed by atoms with van der Waals surface area (Å²) >= 11 is 0. The lowest BCUT2D eigenvalue weighted by molar-refractivity contribution is 0.0880. The Bertz CT molecular complexity index is 1060. The molecule has 3 heterocycles. The summed E-state index contributed by atoms with van der Waals surface area (Å²) in [6.07, 6.45) is 6.49. The predicted octanol–water partition coefficient (Wildman–Crippen LogP) is 3.34. The summed E-state index contributed by atoms with van der Waals surface area (Å²) in [6.45, 7) is 4.12. The average Bonchev–Trinajstić information content (AvgIpc) is 3.15. The predicted molar refractivity (Wildman–Crippen MR) is 98.2 cm³/mol. The highest BCUT2D eigenvalue weighted by Crippen LogP contribution is 2.38. The molecule has 1 aromatic carbocycles. The van der Waals surface area contributed by atoms with Gasteiger partial charge in [-0.3, -0.25) is 9.88 Å². The summed E-state index contributed by atoms with van der Waals surface area (Å²) in [5.74, 6) is 0.862. The Balaban J connectivity index is 1.57. The Morgan fingerprint density at radius 1 is 1.27 bits per heavy atom. The van der Waals surface area contributed by atoms with Crippen LogP contribution in [0.4, 0.5) is 0 Å². The molecule has 0 N–H and O–H groups in total. The summed E-state index contributed by atoms with van der Waals surface area (Å²) < 4.78 is 11.7. The van der Waals surface area contributed by atoms with Crippen molar-refractivity contribution in [1.29, 1.82) is 0 Å². The first kappa shape index (κ1) is 15.6. The third-order valence-electron chi connectivity index (χ3n) is 5.43. The van der Waals surface area contributed by atoms with Crippen molar-refractivity contribution in [2.75, 3.05) is 6.73 Å². The van der Waals surface area contributed by atoms with Crippen molar-refractivity contribution in [3.8, 4) is 5.75 Å². The van der Waals surface area contributed by atoms with E-state index in [-0.39, 0.29) is 5.63 Å². The molecule has 0 saturated heterocycles. The standard InChI is InChI=1S/C21H20N2O3/c1-13-19-15(11-23(12-25-19)10-14-4-3-7-22-9-14)8-18-16-5-2-6-17(16)21(24)26-20(13)18/h3-4,7-9H,2,5-6,10-12H2,1H3. The fourth-order valence-electron chi connectivity index (χ4n) is 4.24. The first-order valence-electron chi connectivity index (χ1n) is 9.06. The summed E-state index contributed by atoms with van der Waals surface area (Å²) in [6, 6.07) is 6.20. The maximum absolute atomic E-state index is 12.3. The van der Waals surface area contributed by atoms with Crippen molar-refractivity contribution >= 4 is 11.0 Å². The van der Waals surface area contributed by atoms with Gasteiger partial charge in [0.05, 0.1) is 0 Å². The van der Waals surface area contributed by atoms with Gasteiger partial charge in [-0.1, -0.05) is 6.07 Å². The van der Waals surface area contributed by atoms with Crippen molar-refractivity contribution in [2.24, 2.45) is 0 Å². The van der Waals surface area contributed by atoms with E-state index in [1.807, 2.05) is 19.2 Å². The Morgan fingerprint density at radius 3 is 3.00 bits per heavy atom. The zero-order chi connectivity index (χ0) is 17.7. The molecule has 5 nitrogen and oxygen atoms in total. The zero-order valence-corrected chi connectivity index (χ0v) is 14.7. The fraction of sp³-hybridized carbons (Fsp3) is 0.333. The normalized spacial score (nSPS) is 16.3. The minimum absolute atomic E-state index is 0.179. The monoisotopic (exact) mass is 348 g/mol. The molecule has 0 spiro atoms. The van der Waals surface area contributed by atoms with Gasteiger partial charge in [0, 0.05) is 47.6 Å². The van der Waals surface area contributed by atoms with E-state index in [2.05, 4.69) is 22.0 Å². The lowest BCUT2D eigenvalue weighted by Gasteiger charge is -2.30. The third kappa shape index (κ3) is 2.42. The molecule has 1 aliphatic heterocycles. The second-order valence-electron chi connectivity index (χ2n) is 7.19. The number of pyridine rings is 1. The van der Waals surface area contributed by atoms with Crippen LogP contribution in [0.3, 0.4) is 0 Å². The van der Waals surface area contributed by atoms with E-state index in [0.29, 0.717) is 12.3 Å². The topological polar surface area (TPSA) is 55.6 Å². The number of benzene rings is 1. The summed E-state index contributed by atoms with van der Waals surface area (Å²) in [4.78, 5) is 18.7. The van der Waals surface area contributed by atoms with Gasteiger partial charge in [-0.15, -0.1) is 0 Å². The van der Waals surface area contributed by atoms with E-state index in [4.69, 9.17) is 9.15 Å². The maximum Gasteiger partial charge on any atom is 0.339 e. The third-order valence-corrected chi connectivity index (χ3v) is 5.43. The van der Waals surface area contributed by atoms with E-state index in [1.165, 1.54) is 11.1 Å². The number of aryl methyl sites for hydroxylation is 2. The van der Waals surface area contributed by atoms with Crippen LogP contribution in [0.1, 0.15) is 34.2 Å². The molecule has 0 bridgehead atoms. The molecule has 0 radical (unpaired) electrons. The number of fused-ring (bicyclic) bond motifs is 4. The fourth-order valence-corrected chi connectivity index (χ4v) is 4.24. The van der Waals surface area contributed by atoms with Crippen LogP contribution in [0.15, 0.2) is 39.8 Å². The van der Waals surface area contributed by atoms with Crippen LogP contribution in [-0.4, -0.2) is 16.6 Å². The van der Waals surface area contributed by atoms with Gasteiger partial charge in [-0.25, -0.2) is 4.79 Å². The smallest absolute Gasteiger partial charge is 0.339 e. The van der Waals surface area contributed by atoms with E-state index in [1.54, 1.807) is 6.20 Å². The van der Waals surface area contributed by atoms with Crippen LogP contribution in [0.2, 0.25) is 0 Å². The quantitative estimate of drug-likeness (QED) is 0.665. The van der Waals surface area contributed by atoms with E-state index < -0.39 is 0 Å². The Kier molecular flexibility index (Phi) is 3.57. The highest BCUT2D eigenvalue weighted by Gasteiger charge is 2.26. The highest BCUT2D eigenvalue weighted by atomic mass is 16.5. The number of hydrogen-bond acceptors (Lipinski definition) is 5. The molecular formula is C21H20N2O3. The van der Waals surface area contributed by atoms with Crippen LogP contribution in [0.5, 0.6) is 5.75 Å². The van der Waals surface area contributed by atoms with Crippen LogP contribution < -0.4 is 10.4 Å². The number of nitrogens with zero attached hydrogens (tertiary/aromatic N) is 2. The minimum atomic E-state index is -0.179. The summed E-state index contributed by atoms with van der Waals surface area (Å²) in [7, 11) is 0. The van der Waals surface area contributed by atoms with Crippen LogP contribution in [0, 0.1) is 6.92 Å². The van der Waals surface area contributed by atoms with Crippen molar-refractivity contribution in [3.63, 3.8) is 0 Å². The molecule has 0 fully saturated rings. The number of ether oxygens (including phenoxy) is 1. The van der Waals surface area contributed by atoms with Gasteiger partial charge in [-0.2, -0.15) is 0 Å². The van der Waals surface area contributed by atoms with E-state index >= 15 is 0 Å². The molecule has 1 aliphatic carbocycles. The Labute approximate surface area is 151 Å². The highest BCUT2D eigenvalue weighted by molar-refractivity contribution is 5.87. The average molecular weight is 348 g/mol. The van der Waals surface area contributed by atoms with Gasteiger partial charge in [-0.05, 0) is 49.4 Å². The first-order valence-corrected chi connectivity index (χ1v) is 9.06. The van der Waals surface area contributed by atoms with Gasteiger partial charge in [0.2, 0.25) is 0 Å². The number of aromatic nitrogens is 1. The molecule has 2 aliphatic rings. The molecule has 2 aromatic heterocycles. The molecule has 0 amide bonds. The molecule has 5 rings (SSSR count). The largest absolute Gasteiger partial charge is 0.477 e. The van der Waals surface area contributed by atoms with Gasteiger partial charge in [0.1, 0.15) is 18.1 Å². The van der Waals surface area contributed by atoms with Gasteiger partial charge in [0.15, 0.2) is 0 Å². The van der Waals surface area contributed by atoms with Crippen molar-refractivity contribution < 1.29 is 9.15 Å². The van der Waals surface area contributed by atoms with Crippen molar-refractivity contribution in [3.05, 3.63) is 68.8 Å². The SMILES string of the molecule is Cc1c2c(cc3c4c(c(=O)oc13)CCC4)CN(Cc1cccnc1)CO2. The molecular weight excluding hydrogens is 328 g/mol. The molecule has 132 valence electrons. The number of rotatable bonds is 2. The number of hydrogen-bond donors (Lipinski definition) is 0. The molecule has 5 heteroatoms. The second kappa shape index (κ2) is 5.95. The van der Waals surface area contributed by atoms with Gasteiger partial charge in [0.25, 0.3) is 0 Å². The van der Waals surface area contributed by atoms with Gasteiger partial charge < -0.3 is 9.15 Å². The molecule has 3 aromatic rings. The Hall–Kier alpha value is -2.66. The summed E-state index contributed by atoms with van der Waals surface area (Å²) in [5, 5.41) is 1.08. The molecule has 26 heavy (non-hydrogen) atoms. The molecule has 0 unspecified atom stereocenters. The Morgan fingerprint density at radius 2 is 2.15 bits per heavy atom. The zero-order valence-electron chi connectivity index (χ0n) is 14.7. The van der Waals surface area contributed by atoms with Crippen molar-refractivity contribution in [1.82, 2.24) is 9.88 Å². The molecule has 0 atom stereocenters. The minimum Gasteiger partial charge on any atom is -0.477 e. The maximum atomic E-state index is 12.3. The van der Waals surface area contributed by atoms with Gasteiger partial charge >= 0.3 is 5.63 Å². The summed E-state index contributed by atoms with van der Waals surface area (Å²) in [5.41, 5.74) is 5.81. The van der Waals surface area contributed by atoms with Crippen molar-refractivity contribution in [2.45, 2.75) is 39.3 Å². The molecule has 0 saturated carbocycles. The van der Waals surface area contributed by atoms with E-state index in [0.717, 1.165) is 60.2 Å². The van der Waals surface area contributed by atoms with Crippen LogP contribution in [0.25, 0.3) is 11.0 Å². The second-order valence-corrected chi connectivity index (χ2v) is 7.19. The van der Waals surface area contributed by atoms with Crippen LogP contribution >= 0.6 is 0 Å².